The first-order valence-corrected chi connectivity index (χ1v) is 9.07. The minimum absolute atomic E-state index is 0.0248. The summed E-state index contributed by atoms with van der Waals surface area (Å²) in [4.78, 5) is 11.3. The number of carboxylic acids is 1. The number of thioether (sulfide) groups is 1. The fraction of sp³-hybridized carbons (Fsp3) is 0.583. The Morgan fingerprint density at radius 2 is 2.05 bits per heavy atom. The number of nitrogens with zero attached hydrogens (tertiary/aromatic N) is 2. The molecule has 1 aromatic rings. The van der Waals surface area contributed by atoms with Crippen molar-refractivity contribution in [3.05, 3.63) is 18.0 Å². The lowest BCUT2D eigenvalue weighted by Gasteiger charge is -2.24. The van der Waals surface area contributed by atoms with E-state index in [0.717, 1.165) is 17.9 Å². The Bertz CT molecular complexity index is 589. The minimum atomic E-state index is -3.58. The fourth-order valence-electron chi connectivity index (χ4n) is 2.17. The lowest BCUT2D eigenvalue weighted by molar-refractivity contribution is 0.0685. The van der Waals surface area contributed by atoms with Gasteiger partial charge in [-0.2, -0.15) is 16.1 Å². The molecule has 112 valence electrons. The normalized spacial score (nSPS) is 17.2. The summed E-state index contributed by atoms with van der Waals surface area (Å²) in [7, 11) is -3.58. The van der Waals surface area contributed by atoms with Crippen LogP contribution in [0.5, 0.6) is 0 Å². The molecule has 0 bridgehead atoms. The number of hydrogen-bond acceptors (Lipinski definition) is 4. The summed E-state index contributed by atoms with van der Waals surface area (Å²) in [6.45, 7) is 3.37. The van der Waals surface area contributed by atoms with Crippen molar-refractivity contribution in [2.45, 2.75) is 24.8 Å². The molecule has 1 N–H and O–H groups in total. The molecule has 8 heteroatoms. The van der Waals surface area contributed by atoms with Crippen molar-refractivity contribution < 1.29 is 18.3 Å². The summed E-state index contributed by atoms with van der Waals surface area (Å²) in [6.07, 6.45) is 2.18. The number of carboxylic acid groups (broad SMARTS) is 1. The van der Waals surface area contributed by atoms with Crippen molar-refractivity contribution in [1.82, 2.24) is 8.87 Å². The molecule has 2 heterocycles. The first-order chi connectivity index (χ1) is 9.46. The van der Waals surface area contributed by atoms with Crippen LogP contribution in [0.4, 0.5) is 0 Å². The SMILES string of the molecule is CCCn1cc(S(=O)(=O)N2CCSCC2)cc1C(=O)O. The lowest BCUT2D eigenvalue weighted by Crippen LogP contribution is -2.37. The number of rotatable bonds is 5. The van der Waals surface area contributed by atoms with Gasteiger partial charge in [-0.1, -0.05) is 6.92 Å². The highest BCUT2D eigenvalue weighted by atomic mass is 32.2. The van der Waals surface area contributed by atoms with Crippen LogP contribution >= 0.6 is 11.8 Å². The predicted octanol–water partition coefficient (Wildman–Crippen LogP) is 1.33. The molecule has 2 rings (SSSR count). The smallest absolute Gasteiger partial charge is 0.352 e. The van der Waals surface area contributed by atoms with Gasteiger partial charge in [0.2, 0.25) is 10.0 Å². The first kappa shape index (κ1) is 15.4. The Morgan fingerprint density at radius 1 is 1.40 bits per heavy atom. The topological polar surface area (TPSA) is 79.6 Å². The summed E-state index contributed by atoms with van der Waals surface area (Å²) in [5.41, 5.74) is 0.0248. The number of carbonyl (C=O) groups is 1. The summed E-state index contributed by atoms with van der Waals surface area (Å²) >= 11 is 1.73. The van der Waals surface area contributed by atoms with Gasteiger partial charge in [-0.25, -0.2) is 13.2 Å². The number of aromatic carboxylic acids is 1. The van der Waals surface area contributed by atoms with E-state index in [4.69, 9.17) is 5.11 Å². The highest BCUT2D eigenvalue weighted by Gasteiger charge is 2.28. The molecular weight excluding hydrogens is 300 g/mol. The zero-order valence-corrected chi connectivity index (χ0v) is 12.9. The van der Waals surface area contributed by atoms with Crippen LogP contribution in [0.1, 0.15) is 23.8 Å². The molecule has 0 radical (unpaired) electrons. The summed E-state index contributed by atoms with van der Waals surface area (Å²) in [5, 5.41) is 9.15. The maximum atomic E-state index is 12.5. The molecule has 6 nitrogen and oxygen atoms in total. The molecule has 0 amide bonds. The van der Waals surface area contributed by atoms with Crippen molar-refractivity contribution in [2.24, 2.45) is 0 Å². The summed E-state index contributed by atoms with van der Waals surface area (Å²) < 4.78 is 27.9. The van der Waals surface area contributed by atoms with E-state index in [1.54, 1.807) is 11.8 Å². The Balaban J connectivity index is 2.36. The van der Waals surface area contributed by atoms with Crippen molar-refractivity contribution in [3.8, 4) is 0 Å². The van der Waals surface area contributed by atoms with Crippen molar-refractivity contribution in [2.75, 3.05) is 24.6 Å². The molecule has 0 atom stereocenters. The minimum Gasteiger partial charge on any atom is -0.477 e. The van der Waals surface area contributed by atoms with Crippen molar-refractivity contribution >= 4 is 27.8 Å². The van der Waals surface area contributed by atoms with Crippen LogP contribution in [0, 0.1) is 0 Å². The molecule has 0 aromatic carbocycles. The van der Waals surface area contributed by atoms with Crippen LogP contribution in [0.15, 0.2) is 17.2 Å². The molecule has 0 saturated carbocycles. The van der Waals surface area contributed by atoms with Gasteiger partial charge in [0.05, 0.1) is 0 Å². The molecule has 1 aliphatic heterocycles. The zero-order chi connectivity index (χ0) is 14.8. The third-order valence-corrected chi connectivity index (χ3v) is 5.97. The van der Waals surface area contributed by atoms with Crippen LogP contribution in [0.3, 0.4) is 0 Å². The molecule has 0 unspecified atom stereocenters. The Labute approximate surface area is 122 Å². The average molecular weight is 318 g/mol. The summed E-state index contributed by atoms with van der Waals surface area (Å²) in [6, 6.07) is 1.26. The molecule has 1 saturated heterocycles. The quantitative estimate of drug-likeness (QED) is 0.886. The van der Waals surface area contributed by atoms with E-state index in [1.807, 2.05) is 6.92 Å². The number of sulfonamides is 1. The maximum absolute atomic E-state index is 12.5. The van der Waals surface area contributed by atoms with E-state index >= 15 is 0 Å². The molecule has 1 aromatic heterocycles. The van der Waals surface area contributed by atoms with Crippen LogP contribution in [-0.2, 0) is 16.6 Å². The van der Waals surface area contributed by atoms with E-state index in [0.29, 0.717) is 19.6 Å². The standard InChI is InChI=1S/C12H18N2O4S2/c1-2-3-13-9-10(8-11(13)12(15)16)20(17,18)14-4-6-19-7-5-14/h8-9H,2-7H2,1H3,(H,15,16). The summed E-state index contributed by atoms with van der Waals surface area (Å²) in [5.74, 6) is 0.454. The van der Waals surface area contributed by atoms with Gasteiger partial charge < -0.3 is 9.67 Å². The molecule has 1 fully saturated rings. The van der Waals surface area contributed by atoms with Gasteiger partial charge in [0.1, 0.15) is 10.6 Å². The van der Waals surface area contributed by atoms with Gasteiger partial charge in [-0.3, -0.25) is 0 Å². The van der Waals surface area contributed by atoms with Gasteiger partial charge in [0, 0.05) is 37.3 Å². The fourth-order valence-corrected chi connectivity index (χ4v) is 4.78. The lowest BCUT2D eigenvalue weighted by atomic mass is 10.4. The van der Waals surface area contributed by atoms with Gasteiger partial charge >= 0.3 is 5.97 Å². The second-order valence-corrected chi connectivity index (χ2v) is 7.74. The molecule has 0 spiro atoms. The van der Waals surface area contributed by atoms with E-state index in [1.165, 1.54) is 21.1 Å². The van der Waals surface area contributed by atoms with Crippen molar-refractivity contribution in [3.63, 3.8) is 0 Å². The molecular formula is C12H18N2O4S2. The van der Waals surface area contributed by atoms with E-state index in [2.05, 4.69) is 0 Å². The highest BCUT2D eigenvalue weighted by Crippen LogP contribution is 2.22. The van der Waals surface area contributed by atoms with Gasteiger partial charge in [0.25, 0.3) is 0 Å². The number of hydrogen-bond donors (Lipinski definition) is 1. The largest absolute Gasteiger partial charge is 0.477 e. The van der Waals surface area contributed by atoms with Crippen LogP contribution in [-0.4, -0.2) is 53.0 Å². The van der Waals surface area contributed by atoms with Gasteiger partial charge in [0.15, 0.2) is 0 Å². The number of aromatic nitrogens is 1. The molecule has 20 heavy (non-hydrogen) atoms. The van der Waals surface area contributed by atoms with Crippen LogP contribution in [0.25, 0.3) is 0 Å². The first-order valence-electron chi connectivity index (χ1n) is 6.48. The van der Waals surface area contributed by atoms with Crippen molar-refractivity contribution in [1.29, 1.82) is 0 Å². The number of aryl methyl sites for hydroxylation is 1. The Morgan fingerprint density at radius 3 is 2.60 bits per heavy atom. The van der Waals surface area contributed by atoms with Crippen LogP contribution < -0.4 is 0 Å². The maximum Gasteiger partial charge on any atom is 0.352 e. The second kappa shape index (κ2) is 6.19. The third kappa shape index (κ3) is 3.02. The monoisotopic (exact) mass is 318 g/mol. The molecule has 1 aliphatic rings. The second-order valence-electron chi connectivity index (χ2n) is 4.58. The highest BCUT2D eigenvalue weighted by molar-refractivity contribution is 7.99. The van der Waals surface area contributed by atoms with E-state index in [-0.39, 0.29) is 10.6 Å². The van der Waals surface area contributed by atoms with E-state index < -0.39 is 16.0 Å². The Kier molecular flexibility index (Phi) is 4.77. The molecule has 0 aliphatic carbocycles. The van der Waals surface area contributed by atoms with Crippen LogP contribution in [0.2, 0.25) is 0 Å². The third-order valence-electron chi connectivity index (χ3n) is 3.16. The zero-order valence-electron chi connectivity index (χ0n) is 11.3. The van der Waals surface area contributed by atoms with E-state index in [9.17, 15) is 13.2 Å². The van der Waals surface area contributed by atoms with Gasteiger partial charge in [-0.05, 0) is 12.5 Å². The average Bonchev–Trinajstić information content (AvgIpc) is 2.85. The predicted molar refractivity (Wildman–Crippen MR) is 77.8 cm³/mol. The Hall–Kier alpha value is -0.990. The van der Waals surface area contributed by atoms with Gasteiger partial charge in [-0.15, -0.1) is 0 Å².